The van der Waals surface area contributed by atoms with E-state index in [0.717, 1.165) is 0 Å². The van der Waals surface area contributed by atoms with Crippen LogP contribution in [0.15, 0.2) is 24.3 Å². The van der Waals surface area contributed by atoms with Crippen LogP contribution in [0.4, 0.5) is 24.5 Å². The summed E-state index contributed by atoms with van der Waals surface area (Å²) < 4.78 is 46.1. The topological polar surface area (TPSA) is 76.7 Å². The van der Waals surface area contributed by atoms with Crippen molar-refractivity contribution >= 4 is 23.2 Å². The molecule has 1 rings (SSSR count). The van der Waals surface area contributed by atoms with E-state index in [1.807, 2.05) is 0 Å². The van der Waals surface area contributed by atoms with Crippen LogP contribution in [-0.2, 0) is 19.1 Å². The predicted molar refractivity (Wildman–Crippen MR) is 72.5 cm³/mol. The molecule has 0 aromatic heterocycles. The van der Waals surface area contributed by atoms with Gasteiger partial charge in [-0.1, -0.05) is 6.07 Å². The minimum absolute atomic E-state index is 0.0829. The summed E-state index contributed by atoms with van der Waals surface area (Å²) in [6, 6.07) is 5.34. The number of alkyl halides is 3. The quantitative estimate of drug-likeness (QED) is 0.751. The third-order valence-corrected chi connectivity index (χ3v) is 2.33. The maximum atomic E-state index is 12.1. The highest BCUT2D eigenvalue weighted by molar-refractivity contribution is 5.96. The second-order valence-electron chi connectivity index (χ2n) is 4.13. The van der Waals surface area contributed by atoms with Crippen LogP contribution in [0.3, 0.4) is 0 Å². The third-order valence-electron chi connectivity index (χ3n) is 2.33. The molecular formula is C13H15F3N2O4. The van der Waals surface area contributed by atoms with E-state index in [-0.39, 0.29) is 24.6 Å². The summed E-state index contributed by atoms with van der Waals surface area (Å²) in [6.45, 7) is 0.361. The second kappa shape index (κ2) is 8.35. The van der Waals surface area contributed by atoms with Crippen molar-refractivity contribution in [1.29, 1.82) is 0 Å². The number of methoxy groups -OCH3 is 1. The van der Waals surface area contributed by atoms with Crippen molar-refractivity contribution in [3.63, 3.8) is 0 Å². The Kier molecular flexibility index (Phi) is 6.80. The van der Waals surface area contributed by atoms with E-state index in [4.69, 9.17) is 9.47 Å². The molecule has 0 radical (unpaired) electrons. The van der Waals surface area contributed by atoms with Gasteiger partial charge in [-0.15, -0.1) is 0 Å². The Morgan fingerprint density at radius 2 is 1.77 bits per heavy atom. The summed E-state index contributed by atoms with van der Waals surface area (Å²) in [7, 11) is 1.49. The molecule has 0 spiro atoms. The zero-order valence-electron chi connectivity index (χ0n) is 11.7. The number of ether oxygens (including phenoxy) is 2. The number of amides is 2. The van der Waals surface area contributed by atoms with Crippen LogP contribution < -0.4 is 10.6 Å². The minimum atomic E-state index is -4.98. The molecule has 0 aliphatic rings. The molecule has 0 saturated heterocycles. The highest BCUT2D eigenvalue weighted by Crippen LogP contribution is 2.20. The summed E-state index contributed by atoms with van der Waals surface area (Å²) in [6.07, 6.45) is -4.98. The van der Waals surface area contributed by atoms with Gasteiger partial charge in [-0.3, -0.25) is 9.59 Å². The van der Waals surface area contributed by atoms with Crippen LogP contribution in [0, 0.1) is 0 Å². The van der Waals surface area contributed by atoms with Crippen molar-refractivity contribution in [2.75, 3.05) is 37.6 Å². The SMILES string of the molecule is COCCOCC(=O)Nc1cccc(NC(=O)C(F)(F)F)c1. The van der Waals surface area contributed by atoms with Crippen molar-refractivity contribution < 1.29 is 32.2 Å². The molecule has 2 N–H and O–H groups in total. The Hall–Kier alpha value is -2.13. The van der Waals surface area contributed by atoms with E-state index < -0.39 is 18.0 Å². The van der Waals surface area contributed by atoms with E-state index >= 15 is 0 Å². The van der Waals surface area contributed by atoms with Gasteiger partial charge in [0.05, 0.1) is 13.2 Å². The monoisotopic (exact) mass is 320 g/mol. The molecule has 1 aromatic rings. The van der Waals surface area contributed by atoms with Gasteiger partial charge < -0.3 is 20.1 Å². The number of nitrogens with one attached hydrogen (secondary N) is 2. The van der Waals surface area contributed by atoms with E-state index in [1.54, 1.807) is 5.32 Å². The normalized spacial score (nSPS) is 11.1. The van der Waals surface area contributed by atoms with Crippen molar-refractivity contribution in [1.82, 2.24) is 0 Å². The largest absolute Gasteiger partial charge is 0.471 e. The Balaban J connectivity index is 2.53. The van der Waals surface area contributed by atoms with Gasteiger partial charge in [-0.2, -0.15) is 13.2 Å². The Labute approximate surface area is 124 Å². The Bertz CT molecular complexity index is 520. The molecular weight excluding hydrogens is 305 g/mol. The molecule has 0 aliphatic heterocycles. The fraction of sp³-hybridized carbons (Fsp3) is 0.385. The summed E-state index contributed by atoms with van der Waals surface area (Å²) in [4.78, 5) is 22.3. The number of carbonyl (C=O) groups excluding carboxylic acids is 2. The molecule has 0 unspecified atom stereocenters. The molecule has 0 heterocycles. The minimum Gasteiger partial charge on any atom is -0.382 e. The molecule has 6 nitrogen and oxygen atoms in total. The average Bonchev–Trinajstić information content (AvgIpc) is 2.43. The molecule has 0 fully saturated rings. The highest BCUT2D eigenvalue weighted by atomic mass is 19.4. The zero-order chi connectivity index (χ0) is 16.6. The molecule has 0 bridgehead atoms. The van der Waals surface area contributed by atoms with Crippen LogP contribution in [0.25, 0.3) is 0 Å². The first-order valence-corrected chi connectivity index (χ1v) is 6.17. The molecule has 0 aliphatic carbocycles. The van der Waals surface area contributed by atoms with Gasteiger partial charge in [0.2, 0.25) is 5.91 Å². The van der Waals surface area contributed by atoms with Gasteiger partial charge in [-0.05, 0) is 18.2 Å². The fourth-order valence-electron chi connectivity index (χ4n) is 1.38. The lowest BCUT2D eigenvalue weighted by Crippen LogP contribution is -2.29. The summed E-state index contributed by atoms with van der Waals surface area (Å²) in [5.41, 5.74) is 0.153. The lowest BCUT2D eigenvalue weighted by atomic mass is 10.2. The lowest BCUT2D eigenvalue weighted by Gasteiger charge is -2.10. The van der Waals surface area contributed by atoms with E-state index in [2.05, 4.69) is 5.32 Å². The first kappa shape index (κ1) is 17.9. The number of hydrogen-bond donors (Lipinski definition) is 2. The van der Waals surface area contributed by atoms with Gasteiger partial charge in [0.15, 0.2) is 0 Å². The molecule has 0 saturated carbocycles. The number of anilines is 2. The standard InChI is InChI=1S/C13H15F3N2O4/c1-21-5-6-22-8-11(19)17-9-3-2-4-10(7-9)18-12(20)13(14,15)16/h2-4,7H,5-6,8H2,1H3,(H,17,19)(H,18,20). The molecule has 9 heteroatoms. The van der Waals surface area contributed by atoms with Crippen molar-refractivity contribution in [3.05, 3.63) is 24.3 Å². The summed E-state index contributed by atoms with van der Waals surface area (Å²) >= 11 is 0. The highest BCUT2D eigenvalue weighted by Gasteiger charge is 2.38. The van der Waals surface area contributed by atoms with Crippen molar-refractivity contribution in [2.45, 2.75) is 6.18 Å². The second-order valence-corrected chi connectivity index (χ2v) is 4.13. The van der Waals surface area contributed by atoms with Gasteiger partial charge in [0.1, 0.15) is 6.61 Å². The first-order chi connectivity index (χ1) is 10.3. The Morgan fingerprint density at radius 3 is 2.36 bits per heavy atom. The van der Waals surface area contributed by atoms with Gasteiger partial charge in [0, 0.05) is 18.5 Å². The molecule has 122 valence electrons. The maximum absolute atomic E-state index is 12.1. The van der Waals surface area contributed by atoms with Crippen LogP contribution in [-0.4, -0.2) is 44.9 Å². The number of halogens is 3. The van der Waals surface area contributed by atoms with E-state index in [0.29, 0.717) is 6.61 Å². The molecule has 0 atom stereocenters. The molecule has 2 amide bonds. The first-order valence-electron chi connectivity index (χ1n) is 6.17. The number of benzene rings is 1. The smallest absolute Gasteiger partial charge is 0.382 e. The van der Waals surface area contributed by atoms with Crippen LogP contribution in [0.5, 0.6) is 0 Å². The zero-order valence-corrected chi connectivity index (χ0v) is 11.7. The molecule has 22 heavy (non-hydrogen) atoms. The van der Waals surface area contributed by atoms with Crippen LogP contribution >= 0.6 is 0 Å². The number of rotatable bonds is 7. The van der Waals surface area contributed by atoms with Crippen molar-refractivity contribution in [2.24, 2.45) is 0 Å². The summed E-state index contributed by atoms with van der Waals surface area (Å²) in [5.74, 6) is -2.56. The van der Waals surface area contributed by atoms with Gasteiger partial charge in [0.25, 0.3) is 0 Å². The maximum Gasteiger partial charge on any atom is 0.471 e. The number of hydrogen-bond acceptors (Lipinski definition) is 4. The number of carbonyl (C=O) groups is 2. The predicted octanol–water partition coefficient (Wildman–Crippen LogP) is 1.79. The van der Waals surface area contributed by atoms with Crippen molar-refractivity contribution in [3.8, 4) is 0 Å². The van der Waals surface area contributed by atoms with E-state index in [1.165, 1.54) is 31.4 Å². The summed E-state index contributed by atoms with van der Waals surface area (Å²) in [5, 5.41) is 4.13. The molecule has 1 aromatic carbocycles. The lowest BCUT2D eigenvalue weighted by molar-refractivity contribution is -0.167. The van der Waals surface area contributed by atoms with Crippen LogP contribution in [0.2, 0.25) is 0 Å². The van der Waals surface area contributed by atoms with Gasteiger partial charge >= 0.3 is 12.1 Å². The van der Waals surface area contributed by atoms with Crippen LogP contribution in [0.1, 0.15) is 0 Å². The fourth-order valence-corrected chi connectivity index (χ4v) is 1.38. The Morgan fingerprint density at radius 1 is 1.14 bits per heavy atom. The van der Waals surface area contributed by atoms with Gasteiger partial charge in [-0.25, -0.2) is 0 Å². The average molecular weight is 320 g/mol. The van der Waals surface area contributed by atoms with E-state index in [9.17, 15) is 22.8 Å². The third kappa shape index (κ3) is 6.55.